The lowest BCUT2D eigenvalue weighted by Gasteiger charge is -2.06. The van der Waals surface area contributed by atoms with Crippen molar-refractivity contribution in [3.63, 3.8) is 0 Å². The predicted octanol–water partition coefficient (Wildman–Crippen LogP) is 4.33. The van der Waals surface area contributed by atoms with Gasteiger partial charge in [0.25, 0.3) is 5.91 Å². The third-order valence-corrected chi connectivity index (χ3v) is 6.35. The molecule has 7 heteroatoms. The molecule has 1 amide bonds. The maximum absolute atomic E-state index is 12.3. The molecule has 1 aliphatic rings. The lowest BCUT2D eigenvalue weighted by Crippen LogP contribution is -2.25. The highest BCUT2D eigenvalue weighted by atomic mass is 79.9. The summed E-state index contributed by atoms with van der Waals surface area (Å²) in [5.74, 6) is -0.137. The lowest BCUT2D eigenvalue weighted by atomic mass is 10.0. The molecular formula is C20H21BrN4OS. The third-order valence-electron chi connectivity index (χ3n) is 4.64. The van der Waals surface area contributed by atoms with E-state index < -0.39 is 0 Å². The van der Waals surface area contributed by atoms with Crippen molar-refractivity contribution in [3.8, 4) is 5.69 Å². The molecule has 4 rings (SSSR count). The highest BCUT2D eigenvalue weighted by molar-refractivity contribution is 9.10. The first-order valence-corrected chi connectivity index (χ1v) is 10.9. The Morgan fingerprint density at radius 2 is 2.15 bits per heavy atom. The van der Waals surface area contributed by atoms with E-state index in [0.29, 0.717) is 12.2 Å². The van der Waals surface area contributed by atoms with Crippen molar-refractivity contribution < 1.29 is 4.79 Å². The topological polar surface area (TPSA) is 59.8 Å². The molecule has 0 fully saturated rings. The fourth-order valence-electron chi connectivity index (χ4n) is 3.25. The molecule has 0 radical (unpaired) electrons. The van der Waals surface area contributed by atoms with E-state index in [2.05, 4.69) is 26.3 Å². The summed E-state index contributed by atoms with van der Waals surface area (Å²) < 4.78 is 2.69. The first-order valence-electron chi connectivity index (χ1n) is 9.26. The van der Waals surface area contributed by atoms with Gasteiger partial charge in [0.1, 0.15) is 0 Å². The minimum absolute atomic E-state index is 0.137. The molecular weight excluding hydrogens is 424 g/mol. The Labute approximate surface area is 171 Å². The number of aryl methyl sites for hydroxylation is 3. The molecule has 1 N–H and O–H groups in total. The second-order valence-electron chi connectivity index (χ2n) is 6.67. The molecule has 0 saturated carbocycles. The molecule has 2 aromatic heterocycles. The number of aromatic nitrogens is 3. The Hall–Kier alpha value is -1.99. The number of benzene rings is 1. The van der Waals surface area contributed by atoms with Crippen LogP contribution < -0.4 is 5.32 Å². The lowest BCUT2D eigenvalue weighted by molar-refractivity contribution is 0.0948. The molecule has 140 valence electrons. The number of hydrogen-bond acceptors (Lipinski definition) is 4. The fourth-order valence-corrected chi connectivity index (χ4v) is 4.84. The van der Waals surface area contributed by atoms with Crippen LogP contribution in [-0.2, 0) is 19.3 Å². The summed E-state index contributed by atoms with van der Waals surface area (Å²) in [5, 5.41) is 8.54. The van der Waals surface area contributed by atoms with Crippen molar-refractivity contribution in [1.82, 2.24) is 20.1 Å². The molecule has 0 aliphatic heterocycles. The van der Waals surface area contributed by atoms with E-state index in [1.807, 2.05) is 35.6 Å². The number of carbonyl (C=O) groups is 1. The number of carbonyl (C=O) groups excluding carboxylic acids is 1. The number of nitrogens with one attached hydrogen (secondary N) is 1. The molecule has 0 atom stereocenters. The number of amides is 1. The van der Waals surface area contributed by atoms with E-state index in [1.54, 1.807) is 16.9 Å². The van der Waals surface area contributed by atoms with Crippen LogP contribution in [0.5, 0.6) is 0 Å². The molecule has 0 bridgehead atoms. The van der Waals surface area contributed by atoms with Gasteiger partial charge in [-0.1, -0.05) is 22.0 Å². The monoisotopic (exact) mass is 444 g/mol. The minimum Gasteiger partial charge on any atom is -0.351 e. The zero-order valence-corrected chi connectivity index (χ0v) is 17.4. The number of fused-ring (bicyclic) bond motifs is 1. The van der Waals surface area contributed by atoms with E-state index in [1.165, 1.54) is 34.8 Å². The van der Waals surface area contributed by atoms with Gasteiger partial charge in [-0.05, 0) is 56.4 Å². The van der Waals surface area contributed by atoms with Crippen LogP contribution in [0.2, 0.25) is 0 Å². The van der Waals surface area contributed by atoms with Crippen LogP contribution in [0.25, 0.3) is 5.69 Å². The van der Waals surface area contributed by atoms with Crippen LogP contribution in [0.1, 0.15) is 45.3 Å². The van der Waals surface area contributed by atoms with Crippen molar-refractivity contribution >= 4 is 33.2 Å². The summed E-state index contributed by atoms with van der Waals surface area (Å²) in [6.07, 6.45) is 8.48. The van der Waals surface area contributed by atoms with Crippen molar-refractivity contribution in [3.05, 3.63) is 62.3 Å². The van der Waals surface area contributed by atoms with E-state index in [9.17, 15) is 4.79 Å². The Morgan fingerprint density at radius 3 is 3.00 bits per heavy atom. The van der Waals surface area contributed by atoms with Gasteiger partial charge in [0.15, 0.2) is 5.69 Å². The van der Waals surface area contributed by atoms with Gasteiger partial charge in [-0.15, -0.1) is 11.3 Å². The van der Waals surface area contributed by atoms with Gasteiger partial charge in [0, 0.05) is 28.5 Å². The van der Waals surface area contributed by atoms with Crippen LogP contribution in [0.15, 0.2) is 41.0 Å². The molecule has 2 heterocycles. The number of hydrogen-bond donors (Lipinski definition) is 1. The molecule has 1 aromatic carbocycles. The van der Waals surface area contributed by atoms with Crippen molar-refractivity contribution in [2.75, 3.05) is 6.54 Å². The normalized spacial score (nSPS) is 13.4. The van der Waals surface area contributed by atoms with Gasteiger partial charge in [-0.25, -0.2) is 9.67 Å². The first kappa shape index (κ1) is 18.4. The molecule has 27 heavy (non-hydrogen) atoms. The molecule has 1 aliphatic carbocycles. The zero-order chi connectivity index (χ0) is 18.6. The van der Waals surface area contributed by atoms with Gasteiger partial charge in [0.2, 0.25) is 0 Å². The summed E-state index contributed by atoms with van der Waals surface area (Å²) in [4.78, 5) is 18.5. The fraction of sp³-hybridized carbons (Fsp3) is 0.350. The van der Waals surface area contributed by atoms with Crippen LogP contribution in [-0.4, -0.2) is 27.2 Å². The summed E-state index contributed by atoms with van der Waals surface area (Å²) in [6, 6.07) is 9.55. The third kappa shape index (κ3) is 4.47. The standard InChI is InChI=1S/C20H21BrN4OS/c21-14-5-3-6-15(13-14)25-12-10-17(24-25)20(26)22-11-4-9-19-23-16-7-1-2-8-18(16)27-19/h3,5-6,10,12-13H,1-2,4,7-9,11H2,(H,22,26). The molecule has 0 saturated heterocycles. The van der Waals surface area contributed by atoms with Gasteiger partial charge in [0.05, 0.1) is 16.4 Å². The van der Waals surface area contributed by atoms with Crippen molar-refractivity contribution in [2.24, 2.45) is 0 Å². The van der Waals surface area contributed by atoms with E-state index in [0.717, 1.165) is 29.4 Å². The first-order chi connectivity index (χ1) is 13.2. The molecule has 3 aromatic rings. The van der Waals surface area contributed by atoms with Crippen LogP contribution in [0.4, 0.5) is 0 Å². The van der Waals surface area contributed by atoms with Gasteiger partial charge < -0.3 is 5.32 Å². The second-order valence-corrected chi connectivity index (χ2v) is 8.75. The van der Waals surface area contributed by atoms with Gasteiger partial charge >= 0.3 is 0 Å². The molecule has 0 spiro atoms. The van der Waals surface area contributed by atoms with Gasteiger partial charge in [-0.3, -0.25) is 4.79 Å². The maximum atomic E-state index is 12.3. The maximum Gasteiger partial charge on any atom is 0.271 e. The van der Waals surface area contributed by atoms with E-state index >= 15 is 0 Å². The van der Waals surface area contributed by atoms with Gasteiger partial charge in [-0.2, -0.15) is 5.10 Å². The molecule has 5 nitrogen and oxygen atoms in total. The van der Waals surface area contributed by atoms with Crippen LogP contribution in [0, 0.1) is 0 Å². The Morgan fingerprint density at radius 1 is 1.26 bits per heavy atom. The second kappa shape index (κ2) is 8.35. The Kier molecular flexibility index (Phi) is 5.69. The number of thiazole rings is 1. The highest BCUT2D eigenvalue weighted by Gasteiger charge is 2.15. The van der Waals surface area contributed by atoms with Crippen LogP contribution >= 0.6 is 27.3 Å². The number of nitrogens with zero attached hydrogens (tertiary/aromatic N) is 3. The average Bonchev–Trinajstić information content (AvgIpc) is 3.32. The quantitative estimate of drug-likeness (QED) is 0.575. The average molecular weight is 445 g/mol. The van der Waals surface area contributed by atoms with E-state index in [-0.39, 0.29) is 5.91 Å². The predicted molar refractivity (Wildman–Crippen MR) is 111 cm³/mol. The van der Waals surface area contributed by atoms with Crippen molar-refractivity contribution in [1.29, 1.82) is 0 Å². The van der Waals surface area contributed by atoms with Crippen LogP contribution in [0.3, 0.4) is 0 Å². The number of rotatable bonds is 6. The summed E-state index contributed by atoms with van der Waals surface area (Å²) in [5.41, 5.74) is 2.65. The largest absolute Gasteiger partial charge is 0.351 e. The summed E-state index contributed by atoms with van der Waals surface area (Å²) in [7, 11) is 0. The minimum atomic E-state index is -0.137. The zero-order valence-electron chi connectivity index (χ0n) is 14.9. The summed E-state index contributed by atoms with van der Waals surface area (Å²) >= 11 is 5.30. The molecule has 0 unspecified atom stereocenters. The number of halogens is 1. The Balaban J connectivity index is 1.28. The summed E-state index contributed by atoms with van der Waals surface area (Å²) in [6.45, 7) is 0.632. The SMILES string of the molecule is O=C(NCCCc1nc2c(s1)CCCC2)c1ccn(-c2cccc(Br)c2)n1. The highest BCUT2D eigenvalue weighted by Crippen LogP contribution is 2.27. The van der Waals surface area contributed by atoms with Crippen molar-refractivity contribution in [2.45, 2.75) is 38.5 Å². The Bertz CT molecular complexity index is 926. The smallest absolute Gasteiger partial charge is 0.271 e. The van der Waals surface area contributed by atoms with E-state index in [4.69, 9.17) is 4.98 Å².